The average molecular weight is 421 g/mol. The summed E-state index contributed by atoms with van der Waals surface area (Å²) in [5.74, 6) is -1.82. The molecule has 0 saturated carbocycles. The lowest BCUT2D eigenvalue weighted by atomic mass is 9.87. The van der Waals surface area contributed by atoms with Crippen LogP contribution >= 0.6 is 0 Å². The van der Waals surface area contributed by atoms with Gasteiger partial charge in [0, 0.05) is 12.6 Å². The molecule has 0 bridgehead atoms. The number of carbonyl (C=O) groups is 2. The Bertz CT molecular complexity index is 982. The third-order valence-electron chi connectivity index (χ3n) is 4.22. The van der Waals surface area contributed by atoms with Gasteiger partial charge in [0.2, 0.25) is 10.0 Å². The first kappa shape index (κ1) is 22.5. The Morgan fingerprint density at radius 3 is 2.03 bits per heavy atom. The van der Waals surface area contributed by atoms with Gasteiger partial charge in [0.05, 0.1) is 11.4 Å². The molecule has 7 nitrogen and oxygen atoms in total. The molecule has 0 fully saturated rings. The summed E-state index contributed by atoms with van der Waals surface area (Å²) in [7, 11) is -2.75. The van der Waals surface area contributed by atoms with E-state index < -0.39 is 34.2 Å². The van der Waals surface area contributed by atoms with Crippen molar-refractivity contribution in [3.8, 4) is 0 Å². The molecule has 2 aromatic carbocycles. The molecular formula is C20H24FN3O4S. The second-order valence-corrected chi connectivity index (χ2v) is 9.59. The molecule has 9 heteroatoms. The highest BCUT2D eigenvalue weighted by molar-refractivity contribution is 7.89. The number of benzene rings is 2. The molecule has 0 aliphatic carbocycles. The number of hydrogen-bond donors (Lipinski definition) is 2. The van der Waals surface area contributed by atoms with E-state index in [9.17, 15) is 22.4 Å². The minimum absolute atomic E-state index is 0.0518. The Morgan fingerprint density at radius 1 is 0.966 bits per heavy atom. The van der Waals surface area contributed by atoms with Gasteiger partial charge in [0.15, 0.2) is 0 Å². The smallest absolute Gasteiger partial charge is 0.269 e. The number of carbonyl (C=O) groups excluding carboxylic acids is 2. The molecular weight excluding hydrogens is 397 g/mol. The molecule has 2 N–H and O–H groups in total. The molecule has 0 heterocycles. The summed E-state index contributed by atoms with van der Waals surface area (Å²) in [5.41, 5.74) is 5.80. The van der Waals surface area contributed by atoms with E-state index in [0.29, 0.717) is 5.56 Å². The van der Waals surface area contributed by atoms with Crippen molar-refractivity contribution < 1.29 is 22.4 Å². The molecule has 2 rings (SSSR count). The van der Waals surface area contributed by atoms with E-state index in [4.69, 9.17) is 0 Å². The third-order valence-corrected chi connectivity index (χ3v) is 6.03. The van der Waals surface area contributed by atoms with Gasteiger partial charge in [-0.25, -0.2) is 12.8 Å². The number of hydrogen-bond acceptors (Lipinski definition) is 4. The molecule has 0 aliphatic rings. The normalized spacial score (nSPS) is 11.9. The maximum absolute atomic E-state index is 13.0. The van der Waals surface area contributed by atoms with Crippen LogP contribution in [0.4, 0.5) is 4.39 Å². The van der Waals surface area contributed by atoms with Crippen molar-refractivity contribution in [2.24, 2.45) is 0 Å². The van der Waals surface area contributed by atoms with Crippen LogP contribution in [0.3, 0.4) is 0 Å². The lowest BCUT2D eigenvalue weighted by Crippen LogP contribution is -2.46. The summed E-state index contributed by atoms with van der Waals surface area (Å²) in [5, 5.41) is 0. The molecule has 0 unspecified atom stereocenters. The fourth-order valence-corrected chi connectivity index (χ4v) is 3.56. The number of halogens is 1. The van der Waals surface area contributed by atoms with Crippen molar-refractivity contribution in [3.05, 3.63) is 65.5 Å². The average Bonchev–Trinajstić information content (AvgIpc) is 2.65. The van der Waals surface area contributed by atoms with E-state index in [2.05, 4.69) is 31.6 Å². The minimum atomic E-state index is -3.97. The molecule has 0 spiro atoms. The highest BCUT2D eigenvalue weighted by Crippen LogP contribution is 2.22. The molecule has 0 aromatic heterocycles. The first-order chi connectivity index (χ1) is 13.4. The van der Waals surface area contributed by atoms with Gasteiger partial charge in [0.1, 0.15) is 5.82 Å². The first-order valence-electron chi connectivity index (χ1n) is 8.83. The number of amides is 2. The van der Waals surface area contributed by atoms with E-state index >= 15 is 0 Å². The fourth-order valence-electron chi connectivity index (χ4n) is 2.43. The van der Waals surface area contributed by atoms with E-state index in [0.717, 1.165) is 34.1 Å². The van der Waals surface area contributed by atoms with Crippen LogP contribution in [0.5, 0.6) is 0 Å². The number of hydrazine groups is 1. The third kappa shape index (κ3) is 5.85. The number of likely N-dealkylation sites (N-methyl/N-ethyl adjacent to an activating group) is 1. The summed E-state index contributed by atoms with van der Waals surface area (Å²) >= 11 is 0. The molecule has 2 aromatic rings. The van der Waals surface area contributed by atoms with Crippen molar-refractivity contribution in [2.75, 3.05) is 13.6 Å². The number of nitrogens with zero attached hydrogens (tertiary/aromatic N) is 1. The maximum atomic E-state index is 13.0. The van der Waals surface area contributed by atoms with Crippen LogP contribution in [0.15, 0.2) is 53.4 Å². The van der Waals surface area contributed by atoms with E-state index in [-0.39, 0.29) is 10.3 Å². The number of sulfonamides is 1. The van der Waals surface area contributed by atoms with Crippen LogP contribution in [-0.2, 0) is 20.2 Å². The second kappa shape index (κ2) is 8.71. The molecule has 0 saturated heterocycles. The van der Waals surface area contributed by atoms with Gasteiger partial charge < -0.3 is 0 Å². The first-order valence-corrected chi connectivity index (χ1v) is 10.3. The quantitative estimate of drug-likeness (QED) is 0.724. The largest absolute Gasteiger partial charge is 0.272 e. The van der Waals surface area contributed by atoms with Crippen molar-refractivity contribution in [1.29, 1.82) is 0 Å². The van der Waals surface area contributed by atoms with Gasteiger partial charge in [-0.3, -0.25) is 20.4 Å². The Kier molecular flexibility index (Phi) is 6.76. The Balaban J connectivity index is 1.93. The zero-order chi connectivity index (χ0) is 21.8. The highest BCUT2D eigenvalue weighted by atomic mass is 32.2. The summed E-state index contributed by atoms with van der Waals surface area (Å²) in [6.45, 7) is 5.64. The van der Waals surface area contributed by atoms with E-state index in [1.54, 1.807) is 12.1 Å². The monoisotopic (exact) mass is 421 g/mol. The van der Waals surface area contributed by atoms with Gasteiger partial charge in [0.25, 0.3) is 11.8 Å². The van der Waals surface area contributed by atoms with Gasteiger partial charge in [-0.2, -0.15) is 4.31 Å². The molecule has 0 aliphatic heterocycles. The van der Waals surface area contributed by atoms with E-state index in [1.165, 1.54) is 7.05 Å². The molecule has 156 valence electrons. The molecule has 29 heavy (non-hydrogen) atoms. The standard InChI is InChI=1S/C20H24FN3O4S/c1-20(2,3)15-7-5-14(6-8-15)19(26)23-22-18(25)13-24(4)29(27,28)17-11-9-16(21)10-12-17/h5-12H,13H2,1-4H3,(H,22,25)(H,23,26). The van der Waals surface area contributed by atoms with Gasteiger partial charge in [-0.15, -0.1) is 0 Å². The van der Waals surface area contributed by atoms with Crippen LogP contribution in [0.1, 0.15) is 36.7 Å². The van der Waals surface area contributed by atoms with Crippen LogP contribution in [-0.4, -0.2) is 38.1 Å². The predicted molar refractivity (Wildman–Crippen MR) is 107 cm³/mol. The SMILES string of the molecule is CN(CC(=O)NNC(=O)c1ccc(C(C)(C)C)cc1)S(=O)(=O)c1ccc(F)cc1. The van der Waals surface area contributed by atoms with Crippen molar-refractivity contribution in [1.82, 2.24) is 15.2 Å². The Morgan fingerprint density at radius 2 is 1.52 bits per heavy atom. The zero-order valence-electron chi connectivity index (χ0n) is 16.7. The van der Waals surface area contributed by atoms with Crippen molar-refractivity contribution >= 4 is 21.8 Å². The van der Waals surface area contributed by atoms with Crippen molar-refractivity contribution in [3.63, 3.8) is 0 Å². The minimum Gasteiger partial charge on any atom is -0.272 e. The predicted octanol–water partition coefficient (Wildman–Crippen LogP) is 2.20. The van der Waals surface area contributed by atoms with Crippen LogP contribution < -0.4 is 10.9 Å². The second-order valence-electron chi connectivity index (χ2n) is 7.54. The van der Waals surface area contributed by atoms with Gasteiger partial charge in [-0.1, -0.05) is 32.9 Å². The van der Waals surface area contributed by atoms with E-state index in [1.807, 2.05) is 12.1 Å². The van der Waals surface area contributed by atoms with Crippen LogP contribution in [0, 0.1) is 5.82 Å². The van der Waals surface area contributed by atoms with Gasteiger partial charge >= 0.3 is 0 Å². The van der Waals surface area contributed by atoms with Crippen LogP contribution in [0.25, 0.3) is 0 Å². The highest BCUT2D eigenvalue weighted by Gasteiger charge is 2.23. The van der Waals surface area contributed by atoms with Crippen molar-refractivity contribution in [2.45, 2.75) is 31.1 Å². The summed E-state index contributed by atoms with van der Waals surface area (Å²) < 4.78 is 38.6. The fraction of sp³-hybridized carbons (Fsp3) is 0.300. The number of nitrogens with one attached hydrogen (secondary N) is 2. The topological polar surface area (TPSA) is 95.6 Å². The van der Waals surface area contributed by atoms with Gasteiger partial charge in [-0.05, 0) is 47.4 Å². The summed E-state index contributed by atoms with van der Waals surface area (Å²) in [6, 6.07) is 11.2. The molecule has 2 amide bonds. The Labute approximate surface area is 169 Å². The lowest BCUT2D eigenvalue weighted by molar-refractivity contribution is -0.121. The summed E-state index contributed by atoms with van der Waals surface area (Å²) in [4.78, 5) is 24.0. The Hall–Kier alpha value is -2.78. The number of rotatable bonds is 5. The molecule has 0 atom stereocenters. The lowest BCUT2D eigenvalue weighted by Gasteiger charge is -2.19. The summed E-state index contributed by atoms with van der Waals surface area (Å²) in [6.07, 6.45) is 0. The zero-order valence-corrected chi connectivity index (χ0v) is 17.5. The van der Waals surface area contributed by atoms with Crippen LogP contribution in [0.2, 0.25) is 0 Å². The molecule has 0 radical (unpaired) electrons. The maximum Gasteiger partial charge on any atom is 0.269 e.